The SMILES string of the molecule is [2H]C([2H])([2H])c1ccc(-c2[c-]cccc2)nc1.[2H]C([2H])([2H])c1ccnc(-c2[c-]ccc3c2oc2nc(-c4c(C)cccc4C)ccc23)c1.[Ir]. The summed E-state index contributed by atoms with van der Waals surface area (Å²) in [7, 11) is 0. The summed E-state index contributed by atoms with van der Waals surface area (Å²) >= 11 is 0. The fourth-order valence-electron chi connectivity index (χ4n) is 4.84. The molecule has 7 aromatic rings. The molecule has 3 aromatic carbocycles. The van der Waals surface area contributed by atoms with Gasteiger partial charge in [0.2, 0.25) is 5.71 Å². The summed E-state index contributed by atoms with van der Waals surface area (Å²) in [6, 6.07) is 34.0. The van der Waals surface area contributed by atoms with Crippen molar-refractivity contribution in [3.63, 3.8) is 0 Å². The molecule has 0 fully saturated rings. The molecule has 0 spiro atoms. The van der Waals surface area contributed by atoms with E-state index in [1.54, 1.807) is 30.3 Å². The van der Waals surface area contributed by atoms with Crippen LogP contribution in [0.3, 0.4) is 0 Å². The molecule has 0 saturated heterocycles. The third kappa shape index (κ3) is 5.94. The smallest absolute Gasteiger partial charge is 0.216 e. The Morgan fingerprint density at radius 3 is 2.29 bits per heavy atom. The second kappa shape index (κ2) is 12.6. The van der Waals surface area contributed by atoms with Gasteiger partial charge in [0, 0.05) is 51.7 Å². The summed E-state index contributed by atoms with van der Waals surface area (Å²) in [6.45, 7) is -0.153. The Kier molecular flexibility index (Phi) is 6.66. The summed E-state index contributed by atoms with van der Waals surface area (Å²) in [5.41, 5.74) is 8.60. The molecule has 0 aliphatic carbocycles. The number of furan rings is 1. The third-order valence-corrected chi connectivity index (χ3v) is 6.80. The van der Waals surface area contributed by atoms with Crippen molar-refractivity contribution in [1.82, 2.24) is 15.0 Å². The van der Waals surface area contributed by atoms with Gasteiger partial charge in [0.15, 0.2) is 0 Å². The van der Waals surface area contributed by atoms with Crippen LogP contribution in [0.2, 0.25) is 0 Å². The summed E-state index contributed by atoms with van der Waals surface area (Å²) in [5, 5.41) is 1.79. The van der Waals surface area contributed by atoms with Crippen molar-refractivity contribution in [1.29, 1.82) is 0 Å². The molecule has 0 aliphatic heterocycles. The van der Waals surface area contributed by atoms with Gasteiger partial charge >= 0.3 is 0 Å². The quantitative estimate of drug-likeness (QED) is 0.170. The number of nitrogens with zero attached hydrogens (tertiary/aromatic N) is 3. The Morgan fingerprint density at radius 2 is 1.55 bits per heavy atom. The molecule has 0 bridgehead atoms. The summed E-state index contributed by atoms with van der Waals surface area (Å²) in [6.07, 6.45) is 2.90. The first-order chi connectivity index (χ1) is 22.4. The number of fused-ring (bicyclic) bond motifs is 3. The molecule has 42 heavy (non-hydrogen) atoms. The summed E-state index contributed by atoms with van der Waals surface area (Å²) < 4.78 is 50.9. The first kappa shape index (κ1) is 22.2. The molecule has 0 N–H and O–H groups in total. The Bertz CT molecular complexity index is 2170. The molecule has 0 amide bonds. The molecule has 1 radical (unpaired) electrons. The zero-order valence-corrected chi connectivity index (χ0v) is 25.3. The van der Waals surface area contributed by atoms with Gasteiger partial charge in [0.05, 0.1) is 11.3 Å². The van der Waals surface area contributed by atoms with Crippen LogP contribution in [-0.2, 0) is 20.1 Å². The number of rotatable bonds is 3. The molecule has 0 atom stereocenters. The van der Waals surface area contributed by atoms with Crippen LogP contribution in [0.1, 0.15) is 30.5 Å². The van der Waals surface area contributed by atoms with E-state index < -0.39 is 13.7 Å². The van der Waals surface area contributed by atoms with E-state index in [1.807, 2.05) is 42.5 Å². The van der Waals surface area contributed by atoms with E-state index in [0.29, 0.717) is 22.6 Å². The van der Waals surface area contributed by atoms with E-state index >= 15 is 0 Å². The van der Waals surface area contributed by atoms with Crippen LogP contribution in [-0.4, -0.2) is 15.0 Å². The van der Waals surface area contributed by atoms with Crippen molar-refractivity contribution in [2.75, 3.05) is 0 Å². The Hall–Kier alpha value is -4.44. The maximum absolute atomic E-state index is 7.68. The van der Waals surface area contributed by atoms with Crippen LogP contribution >= 0.6 is 0 Å². The van der Waals surface area contributed by atoms with Crippen LogP contribution < -0.4 is 0 Å². The van der Waals surface area contributed by atoms with Gasteiger partial charge in [-0.05, 0) is 73.8 Å². The predicted octanol–water partition coefficient (Wildman–Crippen LogP) is 9.29. The van der Waals surface area contributed by atoms with Crippen molar-refractivity contribution in [2.24, 2.45) is 0 Å². The van der Waals surface area contributed by atoms with Gasteiger partial charge in [-0.1, -0.05) is 52.9 Å². The van der Waals surface area contributed by atoms with Crippen molar-refractivity contribution in [3.8, 4) is 33.8 Å². The van der Waals surface area contributed by atoms with Crippen molar-refractivity contribution >= 4 is 22.1 Å². The van der Waals surface area contributed by atoms with E-state index in [2.05, 4.69) is 48.1 Å². The average molecular weight is 730 g/mol. The number of hydrogen-bond donors (Lipinski definition) is 0. The van der Waals surface area contributed by atoms with E-state index in [0.717, 1.165) is 44.4 Å². The second-order valence-corrected chi connectivity index (χ2v) is 9.65. The molecule has 0 aliphatic rings. The molecule has 4 nitrogen and oxygen atoms in total. The molecule has 4 heterocycles. The van der Waals surface area contributed by atoms with Gasteiger partial charge < -0.3 is 14.4 Å². The molecule has 209 valence electrons. The topological polar surface area (TPSA) is 51.8 Å². The van der Waals surface area contributed by atoms with Gasteiger partial charge in [-0.3, -0.25) is 0 Å². The molecule has 4 aromatic heterocycles. The van der Waals surface area contributed by atoms with Gasteiger partial charge in [0.25, 0.3) is 0 Å². The largest absolute Gasteiger partial charge is 0.486 e. The summed E-state index contributed by atoms with van der Waals surface area (Å²) in [4.78, 5) is 13.3. The van der Waals surface area contributed by atoms with Gasteiger partial charge in [-0.2, -0.15) is 0 Å². The van der Waals surface area contributed by atoms with E-state index in [9.17, 15) is 0 Å². The monoisotopic (exact) mass is 730 g/mol. The third-order valence-electron chi connectivity index (χ3n) is 6.80. The Balaban J connectivity index is 0.000000224. The number of hydrogen-bond acceptors (Lipinski definition) is 4. The van der Waals surface area contributed by atoms with E-state index in [4.69, 9.17) is 17.6 Å². The van der Waals surface area contributed by atoms with Gasteiger partial charge in [-0.15, -0.1) is 54.1 Å². The Labute approximate surface area is 268 Å². The maximum Gasteiger partial charge on any atom is 0.216 e. The molecule has 5 heteroatoms. The minimum absolute atomic E-state index is 0. The van der Waals surface area contributed by atoms with Crippen LogP contribution in [0.5, 0.6) is 0 Å². The van der Waals surface area contributed by atoms with Gasteiger partial charge in [0.1, 0.15) is 0 Å². The minimum Gasteiger partial charge on any atom is -0.486 e. The molecule has 7 rings (SSSR count). The maximum atomic E-state index is 7.68. The number of aromatic nitrogens is 3. The first-order valence-corrected chi connectivity index (χ1v) is 13.1. The van der Waals surface area contributed by atoms with Crippen LogP contribution in [0.4, 0.5) is 0 Å². The number of pyridine rings is 3. The van der Waals surface area contributed by atoms with E-state index in [-0.39, 0.29) is 31.2 Å². The van der Waals surface area contributed by atoms with Crippen molar-refractivity contribution < 1.29 is 32.7 Å². The molecule has 0 unspecified atom stereocenters. The first-order valence-electron chi connectivity index (χ1n) is 16.1. The van der Waals surface area contributed by atoms with Crippen molar-refractivity contribution in [3.05, 3.63) is 138 Å². The number of benzene rings is 3. The minimum atomic E-state index is -2.21. The zero-order chi connectivity index (χ0) is 33.3. The predicted molar refractivity (Wildman–Crippen MR) is 166 cm³/mol. The average Bonchev–Trinajstić information content (AvgIpc) is 3.43. The second-order valence-electron chi connectivity index (χ2n) is 9.65. The van der Waals surface area contributed by atoms with Gasteiger partial charge in [-0.25, -0.2) is 4.98 Å². The summed E-state index contributed by atoms with van der Waals surface area (Å²) in [5.74, 6) is 0. The molecule has 0 saturated carbocycles. The normalized spacial score (nSPS) is 13.4. The number of aryl methyl sites for hydroxylation is 4. The van der Waals surface area contributed by atoms with Crippen molar-refractivity contribution in [2.45, 2.75) is 27.6 Å². The fraction of sp³-hybridized carbons (Fsp3) is 0.108. The van der Waals surface area contributed by atoms with Crippen LogP contribution in [0.15, 0.2) is 108 Å². The molecular weight excluding hydrogens is 695 g/mol. The fourth-order valence-corrected chi connectivity index (χ4v) is 4.84. The zero-order valence-electron chi connectivity index (χ0n) is 28.9. The molecular formula is C37H29IrN3O-2. The standard InChI is InChI=1S/C25H19N2O.C12H10N.Ir/c1-15-12-13-26-22(14-15)20-9-5-8-18-19-10-11-21(27-25(19)28-24(18)20)23-16(2)6-4-7-17(23)3;1-10-7-8-12(13-9-10)11-5-3-2-4-6-11;/h4-8,10-14H,1-3H3;2-5,7-9H,1H3;/q2*-1;/i2*1D3;. The van der Waals surface area contributed by atoms with Crippen LogP contribution in [0.25, 0.3) is 55.8 Å². The van der Waals surface area contributed by atoms with E-state index in [1.165, 1.54) is 18.5 Å². The Morgan fingerprint density at radius 1 is 0.714 bits per heavy atom. The van der Waals surface area contributed by atoms with Crippen LogP contribution in [0, 0.1) is 39.7 Å².